The van der Waals surface area contributed by atoms with Gasteiger partial charge in [0.05, 0.1) is 11.3 Å². The van der Waals surface area contributed by atoms with E-state index < -0.39 is 5.97 Å². The van der Waals surface area contributed by atoms with Gasteiger partial charge in [-0.15, -0.1) is 0 Å². The molecule has 1 aliphatic heterocycles. The average Bonchev–Trinajstić information content (AvgIpc) is 2.29. The van der Waals surface area contributed by atoms with E-state index in [1.807, 2.05) is 12.1 Å². The molecule has 2 atom stereocenters. The van der Waals surface area contributed by atoms with Crippen LogP contribution in [0.3, 0.4) is 0 Å². The Morgan fingerprint density at radius 2 is 2.17 bits per heavy atom. The molecule has 1 aliphatic rings. The van der Waals surface area contributed by atoms with Crippen molar-refractivity contribution in [1.82, 2.24) is 0 Å². The fourth-order valence-corrected chi connectivity index (χ4v) is 3.06. The molecule has 4 heteroatoms. The Hall–Kier alpha value is -1.03. The molecule has 18 heavy (non-hydrogen) atoms. The maximum Gasteiger partial charge on any atom is 0.337 e. The summed E-state index contributed by atoms with van der Waals surface area (Å²) in [5, 5.41) is 9.31. The number of carboxylic acid groups (broad SMARTS) is 1. The minimum absolute atomic E-state index is 0.380. The van der Waals surface area contributed by atoms with Gasteiger partial charge in [0.1, 0.15) is 0 Å². The zero-order chi connectivity index (χ0) is 13.3. The first-order valence-corrected chi connectivity index (χ1v) is 7.08. The number of anilines is 1. The van der Waals surface area contributed by atoms with Crippen molar-refractivity contribution < 1.29 is 9.90 Å². The fraction of sp³-hybridized carbons (Fsp3) is 0.500. The number of nitrogens with zero attached hydrogens (tertiary/aromatic N) is 1. The highest BCUT2D eigenvalue weighted by molar-refractivity contribution is 9.10. The monoisotopic (exact) mass is 311 g/mol. The van der Waals surface area contributed by atoms with Gasteiger partial charge in [-0.05, 0) is 43.9 Å². The molecular weight excluding hydrogens is 294 g/mol. The average molecular weight is 312 g/mol. The molecular formula is C14H18BrNO2. The molecule has 2 unspecified atom stereocenters. The molecule has 0 aromatic heterocycles. The van der Waals surface area contributed by atoms with Gasteiger partial charge in [-0.3, -0.25) is 0 Å². The van der Waals surface area contributed by atoms with Gasteiger partial charge in [0.25, 0.3) is 0 Å². The van der Waals surface area contributed by atoms with Crippen molar-refractivity contribution in [3.8, 4) is 0 Å². The number of aromatic carboxylic acids is 1. The summed E-state index contributed by atoms with van der Waals surface area (Å²) in [7, 11) is 0. The van der Waals surface area contributed by atoms with Crippen molar-refractivity contribution in [3.63, 3.8) is 0 Å². The highest BCUT2D eigenvalue weighted by atomic mass is 79.9. The summed E-state index contributed by atoms with van der Waals surface area (Å²) < 4.78 is 0.807. The molecule has 0 bridgehead atoms. The predicted molar refractivity (Wildman–Crippen MR) is 76.3 cm³/mol. The molecule has 0 radical (unpaired) electrons. The number of halogens is 1. The molecule has 1 heterocycles. The minimum atomic E-state index is -0.864. The highest BCUT2D eigenvalue weighted by Gasteiger charge is 2.26. The maximum absolute atomic E-state index is 11.3. The largest absolute Gasteiger partial charge is 0.478 e. The van der Waals surface area contributed by atoms with Gasteiger partial charge in [-0.25, -0.2) is 4.79 Å². The lowest BCUT2D eigenvalue weighted by Gasteiger charge is -2.39. The lowest BCUT2D eigenvalue weighted by atomic mass is 9.92. The number of rotatable bonds is 2. The van der Waals surface area contributed by atoms with Gasteiger partial charge in [-0.1, -0.05) is 22.9 Å². The molecule has 1 N–H and O–H groups in total. The molecule has 1 fully saturated rings. The van der Waals surface area contributed by atoms with Crippen molar-refractivity contribution in [3.05, 3.63) is 28.2 Å². The summed E-state index contributed by atoms with van der Waals surface area (Å²) in [4.78, 5) is 13.6. The van der Waals surface area contributed by atoms with E-state index in [0.717, 1.165) is 35.5 Å². The lowest BCUT2D eigenvalue weighted by molar-refractivity contribution is 0.0697. The molecule has 0 aliphatic carbocycles. The van der Waals surface area contributed by atoms with Crippen LogP contribution in [0.4, 0.5) is 5.69 Å². The number of hydrogen-bond donors (Lipinski definition) is 1. The summed E-state index contributed by atoms with van der Waals surface area (Å²) in [6.07, 6.45) is 2.24. The van der Waals surface area contributed by atoms with E-state index in [9.17, 15) is 9.90 Å². The second-order valence-electron chi connectivity index (χ2n) is 5.14. The van der Waals surface area contributed by atoms with Crippen LogP contribution in [-0.2, 0) is 0 Å². The molecule has 1 saturated heterocycles. The van der Waals surface area contributed by atoms with E-state index in [4.69, 9.17) is 0 Å². The standard InChI is InChI=1S/C14H18BrNO2/c1-9-5-6-16(10(2)7-9)13-4-3-11(15)8-12(13)14(17)18/h3-4,8-10H,5-7H2,1-2H3,(H,17,18). The minimum Gasteiger partial charge on any atom is -0.478 e. The van der Waals surface area contributed by atoms with Crippen LogP contribution in [0, 0.1) is 5.92 Å². The summed E-state index contributed by atoms with van der Waals surface area (Å²) in [6.45, 7) is 5.36. The third kappa shape index (κ3) is 2.69. The predicted octanol–water partition coefficient (Wildman–Crippen LogP) is 3.77. The second-order valence-corrected chi connectivity index (χ2v) is 6.05. The van der Waals surface area contributed by atoms with Gasteiger partial charge in [0, 0.05) is 17.1 Å². The SMILES string of the molecule is CC1CCN(c2ccc(Br)cc2C(=O)O)C(C)C1. The number of piperidine rings is 1. The number of benzene rings is 1. The van der Waals surface area contributed by atoms with E-state index in [1.54, 1.807) is 6.07 Å². The zero-order valence-electron chi connectivity index (χ0n) is 10.7. The highest BCUT2D eigenvalue weighted by Crippen LogP contribution is 2.31. The quantitative estimate of drug-likeness (QED) is 0.903. The molecule has 1 aromatic rings. The fourth-order valence-electron chi connectivity index (χ4n) is 2.70. The van der Waals surface area contributed by atoms with Crippen LogP contribution in [0.5, 0.6) is 0 Å². The van der Waals surface area contributed by atoms with E-state index in [-0.39, 0.29) is 0 Å². The van der Waals surface area contributed by atoms with Gasteiger partial charge < -0.3 is 10.0 Å². The number of hydrogen-bond acceptors (Lipinski definition) is 2. The normalized spacial score (nSPS) is 24.1. The molecule has 1 aromatic carbocycles. The smallest absolute Gasteiger partial charge is 0.337 e. The molecule has 0 spiro atoms. The van der Waals surface area contributed by atoms with Crippen LogP contribution < -0.4 is 4.90 Å². The van der Waals surface area contributed by atoms with E-state index in [2.05, 4.69) is 34.7 Å². The Morgan fingerprint density at radius 3 is 2.78 bits per heavy atom. The van der Waals surface area contributed by atoms with Crippen LogP contribution in [0.2, 0.25) is 0 Å². The summed E-state index contributed by atoms with van der Waals surface area (Å²) in [6, 6.07) is 5.89. The second kappa shape index (κ2) is 5.31. The van der Waals surface area contributed by atoms with Crippen LogP contribution in [0.1, 0.15) is 37.0 Å². The van der Waals surface area contributed by atoms with Gasteiger partial charge in [0.15, 0.2) is 0 Å². The molecule has 2 rings (SSSR count). The van der Waals surface area contributed by atoms with Crippen LogP contribution >= 0.6 is 15.9 Å². The van der Waals surface area contributed by atoms with Crippen LogP contribution in [0.25, 0.3) is 0 Å². The lowest BCUT2D eigenvalue weighted by Crippen LogP contribution is -2.41. The van der Waals surface area contributed by atoms with Crippen molar-refractivity contribution >= 4 is 27.6 Å². The van der Waals surface area contributed by atoms with Gasteiger partial charge in [0.2, 0.25) is 0 Å². The Kier molecular flexibility index (Phi) is 3.95. The van der Waals surface area contributed by atoms with Crippen molar-refractivity contribution in [2.45, 2.75) is 32.7 Å². The van der Waals surface area contributed by atoms with E-state index in [1.165, 1.54) is 0 Å². The Labute approximate surface area is 116 Å². The number of carbonyl (C=O) groups is 1. The van der Waals surface area contributed by atoms with E-state index in [0.29, 0.717) is 11.6 Å². The summed E-state index contributed by atoms with van der Waals surface area (Å²) in [5.74, 6) is -0.142. The zero-order valence-corrected chi connectivity index (χ0v) is 12.3. The van der Waals surface area contributed by atoms with Crippen molar-refractivity contribution in [1.29, 1.82) is 0 Å². The Balaban J connectivity index is 2.35. The van der Waals surface area contributed by atoms with E-state index >= 15 is 0 Å². The summed E-state index contributed by atoms with van der Waals surface area (Å²) in [5.41, 5.74) is 1.22. The first-order valence-electron chi connectivity index (χ1n) is 6.28. The maximum atomic E-state index is 11.3. The van der Waals surface area contributed by atoms with Crippen LogP contribution in [0.15, 0.2) is 22.7 Å². The van der Waals surface area contributed by atoms with Gasteiger partial charge >= 0.3 is 5.97 Å². The molecule has 3 nitrogen and oxygen atoms in total. The molecule has 0 amide bonds. The Morgan fingerprint density at radius 1 is 1.44 bits per heavy atom. The molecule has 0 saturated carbocycles. The third-order valence-electron chi connectivity index (χ3n) is 3.64. The summed E-state index contributed by atoms with van der Waals surface area (Å²) >= 11 is 3.33. The topological polar surface area (TPSA) is 40.5 Å². The number of carboxylic acids is 1. The molecule has 98 valence electrons. The first-order chi connectivity index (χ1) is 8.49. The third-order valence-corrected chi connectivity index (χ3v) is 4.13. The van der Waals surface area contributed by atoms with Crippen molar-refractivity contribution in [2.24, 2.45) is 5.92 Å². The van der Waals surface area contributed by atoms with Crippen molar-refractivity contribution in [2.75, 3.05) is 11.4 Å². The van der Waals surface area contributed by atoms with Gasteiger partial charge in [-0.2, -0.15) is 0 Å². The Bertz CT molecular complexity index is 461. The van der Waals surface area contributed by atoms with Crippen LogP contribution in [-0.4, -0.2) is 23.7 Å². The first kappa shape index (κ1) is 13.4.